The maximum Gasteiger partial charge on any atom is 0.307 e. The minimum absolute atomic E-state index is 0.197. The predicted octanol–water partition coefficient (Wildman–Crippen LogP) is 0.941. The van der Waals surface area contributed by atoms with Crippen LogP contribution in [0.2, 0.25) is 0 Å². The van der Waals surface area contributed by atoms with Crippen LogP contribution < -0.4 is 5.32 Å². The highest BCUT2D eigenvalue weighted by atomic mass is 16.6. The zero-order chi connectivity index (χ0) is 10.3. The molecular weight excluding hydrogens is 166 g/mol. The van der Waals surface area contributed by atoms with Crippen molar-refractivity contribution in [1.82, 2.24) is 5.32 Å². The van der Waals surface area contributed by atoms with Crippen molar-refractivity contribution < 1.29 is 9.53 Å². The van der Waals surface area contributed by atoms with Crippen LogP contribution in [0.3, 0.4) is 0 Å². The normalized spacial score (nSPS) is 10.6. The number of terminal acetylenes is 1. The zero-order valence-corrected chi connectivity index (χ0v) is 8.52. The third-order valence-corrected chi connectivity index (χ3v) is 1.15. The fraction of sp³-hybridized carbons (Fsp3) is 0.700. The van der Waals surface area contributed by atoms with E-state index in [9.17, 15) is 4.79 Å². The quantitative estimate of drug-likeness (QED) is 0.400. The van der Waals surface area contributed by atoms with E-state index in [-0.39, 0.29) is 5.97 Å². The average molecular weight is 183 g/mol. The van der Waals surface area contributed by atoms with Crippen molar-refractivity contribution in [1.29, 1.82) is 0 Å². The monoisotopic (exact) mass is 183 g/mol. The number of nitrogens with one attached hydrogen (secondary N) is 1. The van der Waals surface area contributed by atoms with Crippen molar-refractivity contribution in [3.8, 4) is 12.3 Å². The van der Waals surface area contributed by atoms with Crippen LogP contribution in [-0.2, 0) is 9.53 Å². The number of ether oxygens (including phenoxy) is 1. The van der Waals surface area contributed by atoms with Gasteiger partial charge in [-0.2, -0.15) is 0 Å². The summed E-state index contributed by atoms with van der Waals surface area (Å²) in [6, 6.07) is 0. The van der Waals surface area contributed by atoms with Crippen LogP contribution in [0.15, 0.2) is 0 Å². The van der Waals surface area contributed by atoms with Crippen LogP contribution >= 0.6 is 0 Å². The Bertz CT molecular complexity index is 198. The maximum absolute atomic E-state index is 11.1. The fourth-order valence-electron chi connectivity index (χ4n) is 0.744. The Morgan fingerprint density at radius 3 is 2.62 bits per heavy atom. The maximum atomic E-state index is 11.1. The molecule has 0 heterocycles. The lowest BCUT2D eigenvalue weighted by Crippen LogP contribution is -2.26. The number of carbonyl (C=O) groups excluding carboxylic acids is 1. The van der Waals surface area contributed by atoms with Crippen LogP contribution in [0, 0.1) is 12.3 Å². The molecule has 0 spiro atoms. The number of rotatable bonds is 4. The first-order valence-corrected chi connectivity index (χ1v) is 4.32. The lowest BCUT2D eigenvalue weighted by Gasteiger charge is -2.19. The molecule has 0 bridgehead atoms. The molecule has 0 saturated heterocycles. The molecule has 74 valence electrons. The molecule has 0 saturated carbocycles. The van der Waals surface area contributed by atoms with Gasteiger partial charge in [0.25, 0.3) is 0 Å². The van der Waals surface area contributed by atoms with Gasteiger partial charge in [-0.3, -0.25) is 4.79 Å². The van der Waals surface area contributed by atoms with Crippen molar-refractivity contribution in [3.63, 3.8) is 0 Å². The second kappa shape index (κ2) is 5.60. The first kappa shape index (κ1) is 12.0. The van der Waals surface area contributed by atoms with Crippen LogP contribution in [0.5, 0.6) is 0 Å². The third-order valence-electron chi connectivity index (χ3n) is 1.15. The van der Waals surface area contributed by atoms with Gasteiger partial charge in [-0.25, -0.2) is 0 Å². The lowest BCUT2D eigenvalue weighted by molar-refractivity contribution is -0.154. The minimum atomic E-state index is -0.400. The van der Waals surface area contributed by atoms with Crippen LogP contribution in [0.4, 0.5) is 0 Å². The first-order chi connectivity index (χ1) is 5.95. The summed E-state index contributed by atoms with van der Waals surface area (Å²) in [5, 5.41) is 2.91. The van der Waals surface area contributed by atoms with Crippen molar-refractivity contribution in [2.75, 3.05) is 13.1 Å². The molecule has 0 aromatic carbocycles. The van der Waals surface area contributed by atoms with E-state index in [4.69, 9.17) is 11.2 Å². The summed E-state index contributed by atoms with van der Waals surface area (Å²) in [6.07, 6.45) is 5.38. The summed E-state index contributed by atoms with van der Waals surface area (Å²) in [7, 11) is 0. The Kier molecular flexibility index (Phi) is 5.17. The summed E-state index contributed by atoms with van der Waals surface area (Å²) < 4.78 is 5.09. The Morgan fingerprint density at radius 2 is 2.15 bits per heavy atom. The van der Waals surface area contributed by atoms with Gasteiger partial charge in [-0.1, -0.05) is 5.92 Å². The Labute approximate surface area is 79.8 Å². The molecule has 0 aliphatic rings. The summed E-state index contributed by atoms with van der Waals surface area (Å²) in [6.45, 7) is 6.60. The smallest absolute Gasteiger partial charge is 0.307 e. The molecule has 0 rings (SSSR count). The van der Waals surface area contributed by atoms with Crippen LogP contribution in [-0.4, -0.2) is 24.7 Å². The van der Waals surface area contributed by atoms with E-state index >= 15 is 0 Å². The third kappa shape index (κ3) is 8.90. The van der Waals surface area contributed by atoms with Crippen LogP contribution in [0.25, 0.3) is 0 Å². The van der Waals surface area contributed by atoms with Gasteiger partial charge in [0.05, 0.1) is 13.0 Å². The topological polar surface area (TPSA) is 38.3 Å². The summed E-state index contributed by atoms with van der Waals surface area (Å²) >= 11 is 0. The van der Waals surface area contributed by atoms with E-state index < -0.39 is 5.60 Å². The summed E-state index contributed by atoms with van der Waals surface area (Å²) in [5.41, 5.74) is -0.400. The number of hydrogen-bond donors (Lipinski definition) is 1. The van der Waals surface area contributed by atoms with Gasteiger partial charge in [-0.15, -0.1) is 6.42 Å². The molecule has 0 unspecified atom stereocenters. The summed E-state index contributed by atoms with van der Waals surface area (Å²) in [5.74, 6) is 2.23. The molecule has 1 N–H and O–H groups in total. The zero-order valence-electron chi connectivity index (χ0n) is 8.52. The van der Waals surface area contributed by atoms with E-state index in [1.54, 1.807) is 0 Å². The molecular formula is C10H17NO2. The Hall–Kier alpha value is -1.01. The van der Waals surface area contributed by atoms with Gasteiger partial charge in [0.1, 0.15) is 5.60 Å². The van der Waals surface area contributed by atoms with E-state index in [1.165, 1.54) is 0 Å². The average Bonchev–Trinajstić information content (AvgIpc) is 1.94. The minimum Gasteiger partial charge on any atom is -0.460 e. The van der Waals surface area contributed by atoms with E-state index in [0.29, 0.717) is 19.5 Å². The molecule has 0 aromatic heterocycles. The molecule has 0 atom stereocenters. The van der Waals surface area contributed by atoms with Gasteiger partial charge >= 0.3 is 5.97 Å². The van der Waals surface area contributed by atoms with Crippen molar-refractivity contribution in [2.24, 2.45) is 0 Å². The molecule has 0 fully saturated rings. The number of esters is 1. The number of carbonyl (C=O) groups is 1. The highest BCUT2D eigenvalue weighted by Crippen LogP contribution is 2.07. The molecule has 3 nitrogen and oxygen atoms in total. The van der Waals surface area contributed by atoms with Crippen molar-refractivity contribution in [3.05, 3.63) is 0 Å². The standard InChI is InChI=1S/C10H17NO2/c1-5-7-11-8-6-9(12)13-10(2,3)4/h1,11H,6-8H2,2-4H3. The molecule has 0 aliphatic heterocycles. The second-order valence-electron chi connectivity index (χ2n) is 3.72. The van der Waals surface area contributed by atoms with Crippen molar-refractivity contribution in [2.45, 2.75) is 32.8 Å². The molecule has 0 aromatic rings. The van der Waals surface area contributed by atoms with E-state index in [1.807, 2.05) is 20.8 Å². The highest BCUT2D eigenvalue weighted by molar-refractivity contribution is 5.70. The van der Waals surface area contributed by atoms with Gasteiger partial charge in [0.15, 0.2) is 0 Å². The second-order valence-corrected chi connectivity index (χ2v) is 3.72. The SMILES string of the molecule is C#CCNCCC(=O)OC(C)(C)C. The van der Waals surface area contributed by atoms with Gasteiger partial charge in [-0.05, 0) is 20.8 Å². The molecule has 0 aliphatic carbocycles. The lowest BCUT2D eigenvalue weighted by atomic mass is 10.2. The Morgan fingerprint density at radius 1 is 1.54 bits per heavy atom. The van der Waals surface area contributed by atoms with E-state index in [0.717, 1.165) is 0 Å². The van der Waals surface area contributed by atoms with Gasteiger partial charge < -0.3 is 10.1 Å². The Balaban J connectivity index is 3.48. The predicted molar refractivity (Wildman–Crippen MR) is 52.2 cm³/mol. The fourth-order valence-corrected chi connectivity index (χ4v) is 0.744. The van der Waals surface area contributed by atoms with Gasteiger partial charge in [0.2, 0.25) is 0 Å². The van der Waals surface area contributed by atoms with Crippen LogP contribution in [0.1, 0.15) is 27.2 Å². The van der Waals surface area contributed by atoms with Gasteiger partial charge in [0, 0.05) is 6.54 Å². The first-order valence-electron chi connectivity index (χ1n) is 4.32. The van der Waals surface area contributed by atoms with Crippen molar-refractivity contribution >= 4 is 5.97 Å². The van der Waals surface area contributed by atoms with E-state index in [2.05, 4.69) is 11.2 Å². The molecule has 0 radical (unpaired) electrons. The molecule has 3 heteroatoms. The molecule has 0 amide bonds. The molecule has 13 heavy (non-hydrogen) atoms. The highest BCUT2D eigenvalue weighted by Gasteiger charge is 2.15. The number of hydrogen-bond acceptors (Lipinski definition) is 3. The largest absolute Gasteiger partial charge is 0.460 e. The summed E-state index contributed by atoms with van der Waals surface area (Å²) in [4.78, 5) is 11.1.